The normalized spacial score (nSPS) is 10.6. The van der Waals surface area contributed by atoms with Gasteiger partial charge in [-0.15, -0.1) is 0 Å². The SMILES string of the molecule is Cc1cc(NC(=O)Cc2ccccc2)ccc1-c1ccc(CO)o1. The molecule has 3 aromatic rings. The average molecular weight is 321 g/mol. The van der Waals surface area contributed by atoms with E-state index in [2.05, 4.69) is 5.32 Å². The standard InChI is InChI=1S/C20H19NO3/c1-14-11-16(21-20(23)12-15-5-3-2-4-6-15)7-9-18(14)19-10-8-17(13-22)24-19/h2-11,22H,12-13H2,1H3,(H,21,23). The second-order valence-corrected chi connectivity index (χ2v) is 5.66. The summed E-state index contributed by atoms with van der Waals surface area (Å²) in [6.45, 7) is 1.84. The first-order chi connectivity index (χ1) is 11.7. The zero-order valence-electron chi connectivity index (χ0n) is 13.5. The monoisotopic (exact) mass is 321 g/mol. The molecule has 1 heterocycles. The van der Waals surface area contributed by atoms with Gasteiger partial charge in [-0.1, -0.05) is 30.3 Å². The molecule has 1 amide bonds. The highest BCUT2D eigenvalue weighted by molar-refractivity contribution is 5.92. The highest BCUT2D eigenvalue weighted by atomic mass is 16.4. The van der Waals surface area contributed by atoms with Crippen molar-refractivity contribution >= 4 is 11.6 Å². The van der Waals surface area contributed by atoms with E-state index in [1.165, 1.54) is 0 Å². The molecule has 0 aliphatic carbocycles. The molecule has 2 aromatic carbocycles. The van der Waals surface area contributed by atoms with E-state index < -0.39 is 0 Å². The number of carbonyl (C=O) groups excluding carboxylic acids is 1. The Labute approximate surface area is 140 Å². The van der Waals surface area contributed by atoms with Crippen LogP contribution < -0.4 is 5.32 Å². The predicted molar refractivity (Wildman–Crippen MR) is 93.6 cm³/mol. The fourth-order valence-corrected chi connectivity index (χ4v) is 2.61. The number of amides is 1. The minimum atomic E-state index is -0.118. The van der Waals surface area contributed by atoms with Crippen LogP contribution in [-0.2, 0) is 17.8 Å². The lowest BCUT2D eigenvalue weighted by molar-refractivity contribution is -0.115. The smallest absolute Gasteiger partial charge is 0.228 e. The number of rotatable bonds is 5. The quantitative estimate of drug-likeness (QED) is 0.748. The Bertz CT molecular complexity index is 837. The number of aliphatic hydroxyl groups is 1. The van der Waals surface area contributed by atoms with Gasteiger partial charge in [0.1, 0.15) is 18.1 Å². The summed E-state index contributed by atoms with van der Waals surface area (Å²) >= 11 is 0. The van der Waals surface area contributed by atoms with Crippen molar-refractivity contribution in [1.82, 2.24) is 0 Å². The number of hydrogen-bond donors (Lipinski definition) is 2. The predicted octanol–water partition coefficient (Wildman–Crippen LogP) is 3.93. The number of benzene rings is 2. The molecule has 0 radical (unpaired) electrons. The molecule has 122 valence electrons. The second-order valence-electron chi connectivity index (χ2n) is 5.66. The topological polar surface area (TPSA) is 62.5 Å². The third kappa shape index (κ3) is 3.73. The van der Waals surface area contributed by atoms with Gasteiger partial charge >= 0.3 is 0 Å². The highest BCUT2D eigenvalue weighted by Crippen LogP contribution is 2.27. The van der Waals surface area contributed by atoms with Gasteiger partial charge in [-0.25, -0.2) is 0 Å². The summed E-state index contributed by atoms with van der Waals surface area (Å²) in [5, 5.41) is 12.0. The van der Waals surface area contributed by atoms with Crippen LogP contribution in [0.3, 0.4) is 0 Å². The minimum absolute atomic E-state index is 0.0473. The van der Waals surface area contributed by atoms with E-state index in [9.17, 15) is 4.79 Å². The lowest BCUT2D eigenvalue weighted by Crippen LogP contribution is -2.14. The molecule has 0 atom stereocenters. The summed E-state index contributed by atoms with van der Waals surface area (Å²) in [6.07, 6.45) is 0.347. The Morgan fingerprint density at radius 1 is 1.08 bits per heavy atom. The van der Waals surface area contributed by atoms with Crippen molar-refractivity contribution in [1.29, 1.82) is 0 Å². The molecule has 0 saturated carbocycles. The zero-order chi connectivity index (χ0) is 16.9. The number of carbonyl (C=O) groups is 1. The molecule has 3 rings (SSSR count). The zero-order valence-corrected chi connectivity index (χ0v) is 13.5. The average Bonchev–Trinajstić information content (AvgIpc) is 3.04. The van der Waals surface area contributed by atoms with Crippen molar-refractivity contribution < 1.29 is 14.3 Å². The van der Waals surface area contributed by atoms with Gasteiger partial charge < -0.3 is 14.8 Å². The van der Waals surface area contributed by atoms with Crippen LogP contribution in [0.25, 0.3) is 11.3 Å². The van der Waals surface area contributed by atoms with Crippen LogP contribution in [0.4, 0.5) is 5.69 Å². The summed E-state index contributed by atoms with van der Waals surface area (Å²) in [5.74, 6) is 1.19. The molecule has 0 unspecified atom stereocenters. The van der Waals surface area contributed by atoms with Crippen LogP contribution in [0.15, 0.2) is 65.1 Å². The van der Waals surface area contributed by atoms with Gasteiger partial charge in [0.2, 0.25) is 5.91 Å². The molecule has 0 fully saturated rings. The van der Waals surface area contributed by atoms with E-state index in [1.807, 2.05) is 61.5 Å². The Morgan fingerprint density at radius 2 is 1.88 bits per heavy atom. The summed E-state index contributed by atoms with van der Waals surface area (Å²) in [6, 6.07) is 18.9. The van der Waals surface area contributed by atoms with E-state index in [1.54, 1.807) is 6.07 Å². The molecule has 4 heteroatoms. The van der Waals surface area contributed by atoms with Gasteiger partial charge in [-0.05, 0) is 48.4 Å². The Hall–Kier alpha value is -2.85. The Kier molecular flexibility index (Phi) is 4.77. The van der Waals surface area contributed by atoms with Gasteiger partial charge in [0.25, 0.3) is 0 Å². The van der Waals surface area contributed by atoms with Crippen molar-refractivity contribution in [3.8, 4) is 11.3 Å². The Balaban J connectivity index is 1.71. The van der Waals surface area contributed by atoms with Gasteiger partial charge in [0.05, 0.1) is 6.42 Å². The fourth-order valence-electron chi connectivity index (χ4n) is 2.61. The molecule has 0 bridgehead atoms. The van der Waals surface area contributed by atoms with E-state index in [0.717, 1.165) is 22.4 Å². The number of aliphatic hydroxyl groups excluding tert-OH is 1. The van der Waals surface area contributed by atoms with Crippen LogP contribution >= 0.6 is 0 Å². The molecule has 0 aliphatic rings. The van der Waals surface area contributed by atoms with Gasteiger partial charge in [0.15, 0.2) is 0 Å². The summed E-state index contributed by atoms with van der Waals surface area (Å²) in [4.78, 5) is 12.1. The van der Waals surface area contributed by atoms with E-state index >= 15 is 0 Å². The van der Waals surface area contributed by atoms with E-state index in [0.29, 0.717) is 17.9 Å². The first-order valence-electron chi connectivity index (χ1n) is 7.80. The first-order valence-corrected chi connectivity index (χ1v) is 7.80. The maximum absolute atomic E-state index is 12.1. The van der Waals surface area contributed by atoms with Crippen molar-refractivity contribution in [3.63, 3.8) is 0 Å². The summed E-state index contributed by atoms with van der Waals surface area (Å²) < 4.78 is 5.56. The Morgan fingerprint density at radius 3 is 2.54 bits per heavy atom. The molecule has 24 heavy (non-hydrogen) atoms. The number of nitrogens with one attached hydrogen (secondary N) is 1. The van der Waals surface area contributed by atoms with Crippen molar-refractivity contribution in [2.75, 3.05) is 5.32 Å². The van der Waals surface area contributed by atoms with Gasteiger partial charge in [0, 0.05) is 11.3 Å². The number of anilines is 1. The second kappa shape index (κ2) is 7.15. The summed E-state index contributed by atoms with van der Waals surface area (Å²) in [5.41, 5.74) is 3.67. The first kappa shape index (κ1) is 16.0. The fraction of sp³-hybridized carbons (Fsp3) is 0.150. The molecule has 2 N–H and O–H groups in total. The minimum Gasteiger partial charge on any atom is -0.459 e. The van der Waals surface area contributed by atoms with Gasteiger partial charge in [-0.2, -0.15) is 0 Å². The van der Waals surface area contributed by atoms with Crippen LogP contribution in [0.5, 0.6) is 0 Å². The molecule has 1 aromatic heterocycles. The van der Waals surface area contributed by atoms with E-state index in [4.69, 9.17) is 9.52 Å². The molecule has 0 saturated heterocycles. The van der Waals surface area contributed by atoms with Crippen LogP contribution in [0, 0.1) is 6.92 Å². The van der Waals surface area contributed by atoms with Gasteiger partial charge in [-0.3, -0.25) is 4.79 Å². The van der Waals surface area contributed by atoms with E-state index in [-0.39, 0.29) is 12.5 Å². The summed E-state index contributed by atoms with van der Waals surface area (Å²) in [7, 11) is 0. The lowest BCUT2D eigenvalue weighted by Gasteiger charge is -2.09. The number of furan rings is 1. The third-order valence-corrected chi connectivity index (χ3v) is 3.80. The molecular weight excluding hydrogens is 302 g/mol. The highest BCUT2D eigenvalue weighted by Gasteiger charge is 2.09. The number of hydrogen-bond acceptors (Lipinski definition) is 3. The maximum atomic E-state index is 12.1. The number of aryl methyl sites for hydroxylation is 1. The lowest BCUT2D eigenvalue weighted by atomic mass is 10.1. The van der Waals surface area contributed by atoms with Crippen molar-refractivity contribution in [2.45, 2.75) is 20.0 Å². The maximum Gasteiger partial charge on any atom is 0.228 e. The van der Waals surface area contributed by atoms with Crippen LogP contribution in [-0.4, -0.2) is 11.0 Å². The van der Waals surface area contributed by atoms with Crippen molar-refractivity contribution in [3.05, 3.63) is 77.6 Å². The van der Waals surface area contributed by atoms with Crippen LogP contribution in [0.1, 0.15) is 16.9 Å². The molecular formula is C20H19NO3. The van der Waals surface area contributed by atoms with Crippen LogP contribution in [0.2, 0.25) is 0 Å². The molecule has 0 aliphatic heterocycles. The third-order valence-electron chi connectivity index (χ3n) is 3.80. The molecule has 4 nitrogen and oxygen atoms in total. The largest absolute Gasteiger partial charge is 0.459 e. The van der Waals surface area contributed by atoms with Crippen molar-refractivity contribution in [2.24, 2.45) is 0 Å². The molecule has 0 spiro atoms.